The van der Waals surface area contributed by atoms with Crippen molar-refractivity contribution in [3.8, 4) is 0 Å². The molecule has 0 aromatic carbocycles. The van der Waals surface area contributed by atoms with Crippen LogP contribution in [0.15, 0.2) is 4.47 Å². The lowest BCUT2D eigenvalue weighted by molar-refractivity contribution is -0.144. The van der Waals surface area contributed by atoms with E-state index in [2.05, 4.69) is 31.4 Å². The summed E-state index contributed by atoms with van der Waals surface area (Å²) in [6.07, 6.45) is -2.30. The first-order chi connectivity index (χ1) is 13.1. The van der Waals surface area contributed by atoms with E-state index in [1.807, 2.05) is 13.8 Å². The number of aryl methyl sites for hydroxylation is 3. The minimum absolute atomic E-state index is 0.113. The fraction of sp³-hybridized carbons (Fsp3) is 0.611. The van der Waals surface area contributed by atoms with Gasteiger partial charge in [0.1, 0.15) is 11.7 Å². The Labute approximate surface area is 169 Å². The zero-order valence-corrected chi connectivity index (χ0v) is 17.6. The molecule has 10 heteroatoms. The quantitative estimate of drug-likeness (QED) is 0.666. The molecule has 3 rings (SSSR count). The van der Waals surface area contributed by atoms with Crippen LogP contribution >= 0.6 is 15.9 Å². The molecule has 0 saturated carbocycles. The SMILES string of the molecule is Cc1nn([C@@H](C)C(=O)NCCCn2nc3c(c2C(F)(F)F)CCC3)c(C)c1Br. The van der Waals surface area contributed by atoms with Crippen LogP contribution in [0.1, 0.15) is 54.1 Å². The molecule has 0 spiro atoms. The zero-order chi connectivity index (χ0) is 20.6. The van der Waals surface area contributed by atoms with Crippen LogP contribution in [0.2, 0.25) is 0 Å². The highest BCUT2D eigenvalue weighted by Crippen LogP contribution is 2.37. The Bertz CT molecular complexity index is 887. The highest BCUT2D eigenvalue weighted by atomic mass is 79.9. The Hall–Kier alpha value is -1.84. The van der Waals surface area contributed by atoms with E-state index in [1.54, 1.807) is 11.6 Å². The Morgan fingerprint density at radius 1 is 1.29 bits per heavy atom. The highest BCUT2D eigenvalue weighted by molar-refractivity contribution is 9.10. The maximum atomic E-state index is 13.4. The molecular formula is C18H23BrF3N5O. The number of hydrogen-bond acceptors (Lipinski definition) is 3. The van der Waals surface area contributed by atoms with E-state index in [0.29, 0.717) is 30.5 Å². The van der Waals surface area contributed by atoms with Gasteiger partial charge in [-0.1, -0.05) is 0 Å². The molecule has 1 atom stereocenters. The number of halogens is 4. The van der Waals surface area contributed by atoms with Crippen LogP contribution in [-0.4, -0.2) is 32.0 Å². The van der Waals surface area contributed by atoms with Crippen LogP contribution in [-0.2, 0) is 30.4 Å². The van der Waals surface area contributed by atoms with E-state index in [0.717, 1.165) is 27.0 Å². The van der Waals surface area contributed by atoms with Crippen molar-refractivity contribution in [1.29, 1.82) is 0 Å². The third-order valence-electron chi connectivity index (χ3n) is 5.07. The van der Waals surface area contributed by atoms with Crippen molar-refractivity contribution in [3.63, 3.8) is 0 Å². The summed E-state index contributed by atoms with van der Waals surface area (Å²) in [4.78, 5) is 12.4. The van der Waals surface area contributed by atoms with Gasteiger partial charge < -0.3 is 5.32 Å². The zero-order valence-electron chi connectivity index (χ0n) is 16.0. The van der Waals surface area contributed by atoms with Crippen molar-refractivity contribution in [3.05, 3.63) is 32.8 Å². The summed E-state index contributed by atoms with van der Waals surface area (Å²) >= 11 is 3.43. The molecule has 0 aliphatic heterocycles. The number of hydrogen-bond donors (Lipinski definition) is 1. The van der Waals surface area contributed by atoms with Crippen LogP contribution in [0.4, 0.5) is 13.2 Å². The molecule has 0 unspecified atom stereocenters. The molecule has 2 aromatic heterocycles. The molecule has 28 heavy (non-hydrogen) atoms. The first-order valence-electron chi connectivity index (χ1n) is 9.26. The van der Waals surface area contributed by atoms with Gasteiger partial charge in [-0.3, -0.25) is 14.2 Å². The highest BCUT2D eigenvalue weighted by Gasteiger charge is 2.40. The van der Waals surface area contributed by atoms with Crippen molar-refractivity contribution in [2.75, 3.05) is 6.54 Å². The molecule has 1 N–H and O–H groups in total. The predicted octanol–water partition coefficient (Wildman–Crippen LogP) is 3.73. The molecule has 1 amide bonds. The van der Waals surface area contributed by atoms with Gasteiger partial charge in [0, 0.05) is 18.7 Å². The van der Waals surface area contributed by atoms with Gasteiger partial charge >= 0.3 is 6.18 Å². The van der Waals surface area contributed by atoms with Gasteiger partial charge in [0.25, 0.3) is 0 Å². The molecule has 1 aliphatic rings. The minimum atomic E-state index is -4.41. The van der Waals surface area contributed by atoms with E-state index in [1.165, 1.54) is 0 Å². The first kappa shape index (κ1) is 20.9. The van der Waals surface area contributed by atoms with Crippen LogP contribution < -0.4 is 5.32 Å². The molecule has 0 fully saturated rings. The number of carbonyl (C=O) groups excluding carboxylic acids is 1. The number of rotatable bonds is 6. The number of aromatic nitrogens is 4. The summed E-state index contributed by atoms with van der Waals surface area (Å²) in [5, 5.41) is 11.3. The Morgan fingerprint density at radius 2 is 2.00 bits per heavy atom. The second kappa shape index (κ2) is 7.88. The van der Waals surface area contributed by atoms with Crippen molar-refractivity contribution < 1.29 is 18.0 Å². The lowest BCUT2D eigenvalue weighted by Gasteiger charge is -2.15. The van der Waals surface area contributed by atoms with Crippen LogP contribution in [0.3, 0.4) is 0 Å². The van der Waals surface area contributed by atoms with E-state index < -0.39 is 17.9 Å². The molecule has 0 bridgehead atoms. The second-order valence-electron chi connectivity index (χ2n) is 7.10. The Morgan fingerprint density at radius 3 is 2.61 bits per heavy atom. The van der Waals surface area contributed by atoms with Gasteiger partial charge in [-0.05, 0) is 62.4 Å². The topological polar surface area (TPSA) is 64.7 Å². The summed E-state index contributed by atoms with van der Waals surface area (Å²) in [5.41, 5.74) is 1.90. The molecule has 2 heterocycles. The molecule has 154 valence electrons. The molecule has 1 aliphatic carbocycles. The molecule has 0 saturated heterocycles. The van der Waals surface area contributed by atoms with Gasteiger partial charge in [-0.2, -0.15) is 23.4 Å². The second-order valence-corrected chi connectivity index (χ2v) is 7.89. The number of amides is 1. The molecule has 0 radical (unpaired) electrons. The summed E-state index contributed by atoms with van der Waals surface area (Å²) in [6, 6.07) is -0.510. The van der Waals surface area contributed by atoms with Gasteiger partial charge in [0.05, 0.1) is 21.6 Å². The number of fused-ring (bicyclic) bond motifs is 1. The minimum Gasteiger partial charge on any atom is -0.354 e. The number of alkyl halides is 3. The van der Waals surface area contributed by atoms with Crippen LogP contribution in [0.25, 0.3) is 0 Å². The Kier molecular flexibility index (Phi) is 5.88. The summed E-state index contributed by atoms with van der Waals surface area (Å²) in [6.45, 7) is 5.83. The maximum Gasteiger partial charge on any atom is 0.433 e. The third kappa shape index (κ3) is 3.97. The average molecular weight is 462 g/mol. The summed E-state index contributed by atoms with van der Waals surface area (Å²) < 4.78 is 43.7. The molecular weight excluding hydrogens is 439 g/mol. The summed E-state index contributed by atoms with van der Waals surface area (Å²) in [7, 11) is 0. The van der Waals surface area contributed by atoms with Crippen molar-refractivity contribution in [1.82, 2.24) is 24.9 Å². The van der Waals surface area contributed by atoms with E-state index >= 15 is 0 Å². The summed E-state index contributed by atoms with van der Waals surface area (Å²) in [5.74, 6) is -0.225. The largest absolute Gasteiger partial charge is 0.433 e. The lowest BCUT2D eigenvalue weighted by atomic mass is 10.2. The van der Waals surface area contributed by atoms with Crippen LogP contribution in [0, 0.1) is 13.8 Å². The molecule has 6 nitrogen and oxygen atoms in total. The normalized spacial score (nSPS) is 15.0. The standard InChI is InChI=1S/C18H23BrF3N5O/c1-10-15(19)11(2)27(24-10)12(3)17(28)23-8-5-9-26-16(18(20,21)22)13-6-4-7-14(13)25-26/h12H,4-9H2,1-3H3,(H,23,28)/t12-/m0/s1. The lowest BCUT2D eigenvalue weighted by Crippen LogP contribution is -2.33. The monoisotopic (exact) mass is 461 g/mol. The van der Waals surface area contributed by atoms with Crippen molar-refractivity contribution >= 4 is 21.8 Å². The van der Waals surface area contributed by atoms with Crippen molar-refractivity contribution in [2.45, 2.75) is 65.2 Å². The number of carbonyl (C=O) groups is 1. The first-order valence-corrected chi connectivity index (χ1v) is 10.0. The third-order valence-corrected chi connectivity index (χ3v) is 6.22. The molecule has 2 aromatic rings. The van der Waals surface area contributed by atoms with Crippen LogP contribution in [0.5, 0.6) is 0 Å². The van der Waals surface area contributed by atoms with Gasteiger partial charge in [-0.25, -0.2) is 0 Å². The van der Waals surface area contributed by atoms with E-state index in [4.69, 9.17) is 0 Å². The smallest absolute Gasteiger partial charge is 0.354 e. The number of nitrogens with zero attached hydrogens (tertiary/aromatic N) is 4. The van der Waals surface area contributed by atoms with E-state index in [9.17, 15) is 18.0 Å². The van der Waals surface area contributed by atoms with Gasteiger partial charge in [-0.15, -0.1) is 0 Å². The van der Waals surface area contributed by atoms with Crippen molar-refractivity contribution in [2.24, 2.45) is 0 Å². The maximum absolute atomic E-state index is 13.4. The van der Waals surface area contributed by atoms with Gasteiger partial charge in [0.15, 0.2) is 0 Å². The van der Waals surface area contributed by atoms with Gasteiger partial charge in [0.2, 0.25) is 5.91 Å². The fourth-order valence-electron chi connectivity index (χ4n) is 3.64. The van der Waals surface area contributed by atoms with E-state index in [-0.39, 0.29) is 19.0 Å². The predicted molar refractivity (Wildman–Crippen MR) is 101 cm³/mol. The fourth-order valence-corrected chi connectivity index (χ4v) is 3.90. The number of nitrogens with one attached hydrogen (secondary N) is 1. The Balaban J connectivity index is 1.58. The average Bonchev–Trinajstić information content (AvgIpc) is 3.26.